The molecule has 11 heteroatoms. The number of benzene rings is 1. The van der Waals surface area contributed by atoms with Gasteiger partial charge in [-0.2, -0.15) is 19.5 Å². The van der Waals surface area contributed by atoms with Gasteiger partial charge in [-0.05, 0) is 18.2 Å². The lowest BCUT2D eigenvalue weighted by Crippen LogP contribution is -2.11. The number of nitrogen functional groups attached to an aromatic ring is 1. The highest BCUT2D eigenvalue weighted by molar-refractivity contribution is 7.90. The maximum absolute atomic E-state index is 13.7. The summed E-state index contributed by atoms with van der Waals surface area (Å²) in [6.07, 6.45) is 0.905. The molecule has 0 bridgehead atoms. The molecule has 22 heavy (non-hydrogen) atoms. The zero-order valence-electron chi connectivity index (χ0n) is 11.0. The van der Waals surface area contributed by atoms with E-state index in [9.17, 15) is 17.2 Å². The molecular weight excluding hydrogens is 318 g/mol. The molecule has 3 rings (SSSR count). The summed E-state index contributed by atoms with van der Waals surface area (Å²) in [5.41, 5.74) is 5.39. The van der Waals surface area contributed by atoms with Crippen LogP contribution in [0, 0.1) is 11.6 Å². The van der Waals surface area contributed by atoms with Crippen LogP contribution in [-0.2, 0) is 9.84 Å². The summed E-state index contributed by atoms with van der Waals surface area (Å²) in [4.78, 5) is 11.2. The largest absolute Gasteiger partial charge is 0.368 e. The van der Waals surface area contributed by atoms with Crippen molar-refractivity contribution in [2.45, 2.75) is 5.16 Å². The number of nitrogens with two attached hydrogens (primary N) is 1. The first kappa shape index (κ1) is 14.3. The van der Waals surface area contributed by atoms with Crippen molar-refractivity contribution in [2.75, 3.05) is 12.0 Å². The fourth-order valence-electron chi connectivity index (χ4n) is 1.73. The van der Waals surface area contributed by atoms with Gasteiger partial charge < -0.3 is 5.73 Å². The summed E-state index contributed by atoms with van der Waals surface area (Å²) in [5.74, 6) is -2.09. The van der Waals surface area contributed by atoms with Crippen LogP contribution in [-0.4, -0.2) is 39.2 Å². The zero-order valence-corrected chi connectivity index (χ0v) is 11.8. The second-order valence-electron chi connectivity index (χ2n) is 4.41. The molecule has 2 N–H and O–H groups in total. The van der Waals surface area contributed by atoms with Crippen LogP contribution in [0.2, 0.25) is 0 Å². The van der Waals surface area contributed by atoms with Gasteiger partial charge in [0.1, 0.15) is 11.6 Å². The van der Waals surface area contributed by atoms with Gasteiger partial charge in [-0.25, -0.2) is 17.2 Å². The Morgan fingerprint density at radius 2 is 1.91 bits per heavy atom. The van der Waals surface area contributed by atoms with E-state index in [0.717, 1.165) is 29.0 Å². The van der Waals surface area contributed by atoms with Gasteiger partial charge in [0.25, 0.3) is 10.9 Å². The molecule has 0 aliphatic heterocycles. The number of rotatable bonds is 2. The van der Waals surface area contributed by atoms with Crippen LogP contribution in [0.25, 0.3) is 17.2 Å². The Balaban J connectivity index is 2.26. The molecule has 114 valence electrons. The third kappa shape index (κ3) is 2.35. The standard InChI is InChI=1S/C11H8F2N6O2S/c1-22(20,21)11-16-9(14)19-10(17-11)15-8(18-19)6-4-5(12)2-3-7(6)13/h2-4H,1H3,(H2,14,15,16,17,18). The molecule has 3 aromatic rings. The fraction of sp³-hybridized carbons (Fsp3) is 0.0909. The minimum atomic E-state index is -3.70. The fourth-order valence-corrected chi connectivity index (χ4v) is 2.24. The molecule has 0 aliphatic carbocycles. The van der Waals surface area contributed by atoms with E-state index in [1.165, 1.54) is 0 Å². The molecule has 2 heterocycles. The van der Waals surface area contributed by atoms with Crippen molar-refractivity contribution in [1.82, 2.24) is 24.6 Å². The minimum Gasteiger partial charge on any atom is -0.368 e. The maximum Gasteiger partial charge on any atom is 0.258 e. The molecule has 0 saturated heterocycles. The maximum atomic E-state index is 13.7. The lowest BCUT2D eigenvalue weighted by atomic mass is 10.2. The number of sulfone groups is 1. The first-order valence-electron chi connectivity index (χ1n) is 5.81. The van der Waals surface area contributed by atoms with Gasteiger partial charge in [-0.3, -0.25) is 0 Å². The van der Waals surface area contributed by atoms with Crippen LogP contribution >= 0.6 is 0 Å². The number of nitrogens with zero attached hydrogens (tertiary/aromatic N) is 5. The first-order valence-corrected chi connectivity index (χ1v) is 7.70. The van der Waals surface area contributed by atoms with Crippen molar-refractivity contribution >= 4 is 21.6 Å². The second-order valence-corrected chi connectivity index (χ2v) is 6.32. The third-order valence-electron chi connectivity index (χ3n) is 2.71. The lowest BCUT2D eigenvalue weighted by Gasteiger charge is -1.99. The highest BCUT2D eigenvalue weighted by Gasteiger charge is 2.19. The number of fused-ring (bicyclic) bond motifs is 1. The van der Waals surface area contributed by atoms with Crippen molar-refractivity contribution in [3.05, 3.63) is 29.8 Å². The summed E-state index contributed by atoms with van der Waals surface area (Å²) >= 11 is 0. The SMILES string of the molecule is CS(=O)(=O)c1nc(N)n2nc(-c3cc(F)ccc3F)nc2n1. The molecule has 0 radical (unpaired) electrons. The predicted octanol–water partition coefficient (Wildman–Crippen LogP) is 0.450. The van der Waals surface area contributed by atoms with Crippen LogP contribution in [0.1, 0.15) is 0 Å². The van der Waals surface area contributed by atoms with Crippen LogP contribution < -0.4 is 5.73 Å². The molecule has 0 unspecified atom stereocenters. The molecular formula is C11H8F2N6O2S. The second kappa shape index (κ2) is 4.66. The molecule has 0 amide bonds. The van der Waals surface area contributed by atoms with Gasteiger partial charge in [0.05, 0.1) is 5.56 Å². The third-order valence-corrected chi connectivity index (χ3v) is 3.56. The van der Waals surface area contributed by atoms with E-state index in [4.69, 9.17) is 5.73 Å². The highest BCUT2D eigenvalue weighted by atomic mass is 32.2. The topological polar surface area (TPSA) is 116 Å². The van der Waals surface area contributed by atoms with Gasteiger partial charge in [-0.15, -0.1) is 5.10 Å². The van der Waals surface area contributed by atoms with Crippen LogP contribution in [0.4, 0.5) is 14.7 Å². The van der Waals surface area contributed by atoms with E-state index >= 15 is 0 Å². The first-order chi connectivity index (χ1) is 10.3. The zero-order chi connectivity index (χ0) is 16.1. The Labute approximate surface area is 122 Å². The molecule has 0 spiro atoms. The monoisotopic (exact) mass is 326 g/mol. The predicted molar refractivity (Wildman–Crippen MR) is 71.5 cm³/mol. The molecule has 0 saturated carbocycles. The Kier molecular flexibility index (Phi) is 3.02. The Morgan fingerprint density at radius 3 is 2.59 bits per heavy atom. The number of halogens is 2. The summed E-state index contributed by atoms with van der Waals surface area (Å²) < 4.78 is 50.8. The molecule has 1 aromatic carbocycles. The quantitative estimate of drug-likeness (QED) is 0.726. The average molecular weight is 326 g/mol. The van der Waals surface area contributed by atoms with Crippen molar-refractivity contribution in [3.63, 3.8) is 0 Å². The lowest BCUT2D eigenvalue weighted by molar-refractivity contribution is 0.592. The number of aromatic nitrogens is 5. The van der Waals surface area contributed by atoms with Gasteiger partial charge in [-0.1, -0.05) is 0 Å². The van der Waals surface area contributed by atoms with Gasteiger partial charge in [0.15, 0.2) is 5.82 Å². The number of anilines is 1. The van der Waals surface area contributed by atoms with E-state index in [-0.39, 0.29) is 23.1 Å². The van der Waals surface area contributed by atoms with Crippen molar-refractivity contribution in [2.24, 2.45) is 0 Å². The van der Waals surface area contributed by atoms with Gasteiger partial charge in [0.2, 0.25) is 15.8 Å². The van der Waals surface area contributed by atoms with E-state index in [1.54, 1.807) is 0 Å². The molecule has 8 nitrogen and oxygen atoms in total. The van der Waals surface area contributed by atoms with Crippen molar-refractivity contribution in [1.29, 1.82) is 0 Å². The minimum absolute atomic E-state index is 0.188. The average Bonchev–Trinajstić information content (AvgIpc) is 2.85. The Bertz CT molecular complexity index is 1000. The Morgan fingerprint density at radius 1 is 1.18 bits per heavy atom. The summed E-state index contributed by atoms with van der Waals surface area (Å²) in [6, 6.07) is 2.78. The van der Waals surface area contributed by atoms with Crippen LogP contribution in [0.3, 0.4) is 0 Å². The normalized spacial score (nSPS) is 12.0. The smallest absolute Gasteiger partial charge is 0.258 e. The Hall–Kier alpha value is -2.69. The van der Waals surface area contributed by atoms with E-state index in [0.29, 0.717) is 0 Å². The molecule has 2 aromatic heterocycles. The highest BCUT2D eigenvalue weighted by Crippen LogP contribution is 2.21. The molecule has 0 fully saturated rings. The molecule has 0 aliphatic rings. The summed E-state index contributed by atoms with van der Waals surface area (Å²) in [6.45, 7) is 0. The summed E-state index contributed by atoms with van der Waals surface area (Å²) in [7, 11) is -3.70. The van der Waals surface area contributed by atoms with Gasteiger partial charge in [0, 0.05) is 6.26 Å². The van der Waals surface area contributed by atoms with Crippen molar-refractivity contribution < 1.29 is 17.2 Å². The number of hydrogen-bond acceptors (Lipinski definition) is 7. The number of hydrogen-bond donors (Lipinski definition) is 1. The van der Waals surface area contributed by atoms with Gasteiger partial charge >= 0.3 is 0 Å². The molecule has 0 atom stereocenters. The van der Waals surface area contributed by atoms with E-state index < -0.39 is 26.6 Å². The van der Waals surface area contributed by atoms with E-state index in [1.807, 2.05) is 0 Å². The van der Waals surface area contributed by atoms with Crippen molar-refractivity contribution in [3.8, 4) is 11.4 Å². The van der Waals surface area contributed by atoms with Crippen LogP contribution in [0.15, 0.2) is 23.4 Å². The van der Waals surface area contributed by atoms with E-state index in [2.05, 4.69) is 20.1 Å². The summed E-state index contributed by atoms with van der Waals surface area (Å²) in [5, 5.41) is 3.33. The van der Waals surface area contributed by atoms with Crippen LogP contribution in [0.5, 0.6) is 0 Å².